The van der Waals surface area contributed by atoms with E-state index in [1.165, 1.54) is 0 Å². The van der Waals surface area contributed by atoms with Gasteiger partial charge in [-0.3, -0.25) is 10.1 Å². The van der Waals surface area contributed by atoms with Crippen molar-refractivity contribution in [2.45, 2.75) is 19.3 Å². The lowest BCUT2D eigenvalue weighted by Crippen LogP contribution is -2.33. The Morgan fingerprint density at radius 1 is 1.44 bits per heavy atom. The van der Waals surface area contributed by atoms with Crippen LogP contribution < -0.4 is 5.32 Å². The number of nitriles is 1. The first-order valence-electron chi connectivity index (χ1n) is 5.88. The van der Waals surface area contributed by atoms with E-state index in [0.717, 1.165) is 5.56 Å². The van der Waals surface area contributed by atoms with Gasteiger partial charge in [-0.25, -0.2) is 0 Å². The van der Waals surface area contributed by atoms with Gasteiger partial charge >= 0.3 is 0 Å². The summed E-state index contributed by atoms with van der Waals surface area (Å²) in [6.07, 6.45) is 0.281. The highest BCUT2D eigenvalue weighted by Crippen LogP contribution is 2.32. The number of ether oxygens (including phenoxy) is 1. The Morgan fingerprint density at radius 2 is 2.17 bits per heavy atom. The SMILES string of the molecule is CCOC1=C(C#N)C(c2ccccc2)CC(=O)N1. The molecule has 0 fully saturated rings. The van der Waals surface area contributed by atoms with Crippen molar-refractivity contribution in [2.75, 3.05) is 6.61 Å². The van der Waals surface area contributed by atoms with E-state index in [2.05, 4.69) is 11.4 Å². The van der Waals surface area contributed by atoms with Gasteiger partial charge in [-0.05, 0) is 12.5 Å². The molecule has 1 aliphatic rings. The van der Waals surface area contributed by atoms with Crippen molar-refractivity contribution < 1.29 is 9.53 Å². The molecular formula is C14H14N2O2. The van der Waals surface area contributed by atoms with Gasteiger partial charge < -0.3 is 4.74 Å². The van der Waals surface area contributed by atoms with E-state index in [9.17, 15) is 10.1 Å². The Labute approximate surface area is 106 Å². The second kappa shape index (κ2) is 5.37. The molecule has 1 heterocycles. The van der Waals surface area contributed by atoms with Gasteiger partial charge in [0.05, 0.1) is 12.2 Å². The molecule has 0 radical (unpaired) electrons. The maximum absolute atomic E-state index is 11.7. The van der Waals surface area contributed by atoms with E-state index >= 15 is 0 Å². The first kappa shape index (κ1) is 12.2. The highest BCUT2D eigenvalue weighted by Gasteiger charge is 2.30. The molecule has 2 rings (SSSR count). The summed E-state index contributed by atoms with van der Waals surface area (Å²) < 4.78 is 5.33. The molecule has 0 saturated carbocycles. The van der Waals surface area contributed by atoms with Crippen molar-refractivity contribution in [1.82, 2.24) is 5.32 Å². The number of carbonyl (C=O) groups is 1. The molecule has 1 aromatic carbocycles. The van der Waals surface area contributed by atoms with Crippen LogP contribution in [0.1, 0.15) is 24.8 Å². The number of allylic oxidation sites excluding steroid dienone is 1. The molecule has 1 unspecified atom stereocenters. The summed E-state index contributed by atoms with van der Waals surface area (Å²) >= 11 is 0. The first-order valence-corrected chi connectivity index (χ1v) is 5.88. The topological polar surface area (TPSA) is 62.1 Å². The Hall–Kier alpha value is -2.28. The molecule has 4 nitrogen and oxygen atoms in total. The third-order valence-corrected chi connectivity index (χ3v) is 2.85. The lowest BCUT2D eigenvalue weighted by Gasteiger charge is -2.24. The predicted octanol–water partition coefficient (Wildman–Crippen LogP) is 2.06. The van der Waals surface area contributed by atoms with Crippen LogP contribution in [0.3, 0.4) is 0 Å². The average molecular weight is 242 g/mol. The number of hydrogen-bond donors (Lipinski definition) is 1. The molecule has 1 aromatic rings. The van der Waals surface area contributed by atoms with E-state index in [1.54, 1.807) is 0 Å². The predicted molar refractivity (Wildman–Crippen MR) is 66.2 cm³/mol. The molecule has 0 aliphatic carbocycles. The number of rotatable bonds is 3. The summed E-state index contributed by atoms with van der Waals surface area (Å²) in [5, 5.41) is 11.9. The minimum atomic E-state index is -0.216. The minimum Gasteiger partial charge on any atom is -0.478 e. The summed E-state index contributed by atoms with van der Waals surface area (Å²) in [5.74, 6) is -0.0390. The van der Waals surface area contributed by atoms with Crippen LogP contribution in [0.2, 0.25) is 0 Å². The molecule has 92 valence electrons. The molecular weight excluding hydrogens is 228 g/mol. The first-order chi connectivity index (χ1) is 8.76. The fraction of sp³-hybridized carbons (Fsp3) is 0.286. The quantitative estimate of drug-likeness (QED) is 0.882. The molecule has 0 aromatic heterocycles. The highest BCUT2D eigenvalue weighted by atomic mass is 16.5. The molecule has 1 atom stereocenters. The van der Waals surface area contributed by atoms with Crippen LogP contribution in [-0.2, 0) is 9.53 Å². The van der Waals surface area contributed by atoms with Gasteiger partial charge in [0, 0.05) is 12.3 Å². The van der Waals surface area contributed by atoms with Crippen molar-refractivity contribution in [3.05, 3.63) is 47.4 Å². The molecule has 4 heteroatoms. The number of nitrogens with zero attached hydrogens (tertiary/aromatic N) is 1. The molecule has 18 heavy (non-hydrogen) atoms. The maximum atomic E-state index is 11.7. The minimum absolute atomic E-state index is 0.119. The number of benzene rings is 1. The third kappa shape index (κ3) is 2.35. The number of hydrogen-bond acceptors (Lipinski definition) is 3. The second-order valence-corrected chi connectivity index (χ2v) is 4.00. The molecule has 0 bridgehead atoms. The maximum Gasteiger partial charge on any atom is 0.227 e. The van der Waals surface area contributed by atoms with Gasteiger partial charge in [0.2, 0.25) is 11.8 Å². The second-order valence-electron chi connectivity index (χ2n) is 4.00. The number of nitrogens with one attached hydrogen (secondary N) is 1. The third-order valence-electron chi connectivity index (χ3n) is 2.85. The molecule has 0 saturated heterocycles. The summed E-state index contributed by atoms with van der Waals surface area (Å²) in [5.41, 5.74) is 1.45. The van der Waals surface area contributed by atoms with Crippen LogP contribution in [0.4, 0.5) is 0 Å². The number of carbonyl (C=O) groups excluding carboxylic acids is 1. The Kier molecular flexibility index (Phi) is 3.63. The van der Waals surface area contributed by atoms with Crippen LogP contribution in [0, 0.1) is 11.3 Å². The van der Waals surface area contributed by atoms with E-state index < -0.39 is 0 Å². The monoisotopic (exact) mass is 242 g/mol. The molecule has 1 aliphatic heterocycles. The van der Waals surface area contributed by atoms with Crippen molar-refractivity contribution in [3.8, 4) is 6.07 Å². The van der Waals surface area contributed by atoms with Crippen LogP contribution in [0.15, 0.2) is 41.8 Å². The molecule has 1 N–H and O–H groups in total. The zero-order valence-electron chi connectivity index (χ0n) is 10.1. The fourth-order valence-electron chi connectivity index (χ4n) is 2.05. The summed E-state index contributed by atoms with van der Waals surface area (Å²) in [4.78, 5) is 11.7. The van der Waals surface area contributed by atoms with Gasteiger partial charge in [0.1, 0.15) is 6.07 Å². The van der Waals surface area contributed by atoms with Crippen molar-refractivity contribution >= 4 is 5.91 Å². The van der Waals surface area contributed by atoms with E-state index in [1.807, 2.05) is 37.3 Å². The highest BCUT2D eigenvalue weighted by molar-refractivity contribution is 5.81. The van der Waals surface area contributed by atoms with Crippen molar-refractivity contribution in [1.29, 1.82) is 5.26 Å². The van der Waals surface area contributed by atoms with E-state index in [0.29, 0.717) is 18.1 Å². The fourth-order valence-corrected chi connectivity index (χ4v) is 2.05. The lowest BCUT2D eigenvalue weighted by molar-refractivity contribution is -0.122. The van der Waals surface area contributed by atoms with Crippen LogP contribution >= 0.6 is 0 Å². The zero-order chi connectivity index (χ0) is 13.0. The lowest BCUT2D eigenvalue weighted by atomic mass is 9.87. The Balaban J connectivity index is 2.42. The zero-order valence-corrected chi connectivity index (χ0v) is 10.1. The number of amides is 1. The van der Waals surface area contributed by atoms with E-state index in [-0.39, 0.29) is 18.2 Å². The standard InChI is InChI=1S/C14H14N2O2/c1-2-18-14-12(9-15)11(8-13(17)16-14)10-6-4-3-5-7-10/h3-7,11H,2,8H2,1H3,(H,16,17). The van der Waals surface area contributed by atoms with Crippen LogP contribution in [0.25, 0.3) is 0 Å². The van der Waals surface area contributed by atoms with Crippen LogP contribution in [0.5, 0.6) is 0 Å². The smallest absolute Gasteiger partial charge is 0.227 e. The van der Waals surface area contributed by atoms with Crippen molar-refractivity contribution in [3.63, 3.8) is 0 Å². The Morgan fingerprint density at radius 3 is 2.78 bits per heavy atom. The normalized spacial score (nSPS) is 19.1. The van der Waals surface area contributed by atoms with Gasteiger partial charge in [0.15, 0.2) is 0 Å². The Bertz CT molecular complexity index is 514. The summed E-state index contributed by atoms with van der Waals surface area (Å²) in [7, 11) is 0. The van der Waals surface area contributed by atoms with E-state index in [4.69, 9.17) is 4.74 Å². The van der Waals surface area contributed by atoms with Gasteiger partial charge in [-0.1, -0.05) is 30.3 Å². The van der Waals surface area contributed by atoms with Gasteiger partial charge in [-0.2, -0.15) is 5.26 Å². The summed E-state index contributed by atoms with van der Waals surface area (Å²) in [6.45, 7) is 2.24. The summed E-state index contributed by atoms with van der Waals surface area (Å²) in [6, 6.07) is 11.7. The molecule has 1 amide bonds. The largest absolute Gasteiger partial charge is 0.478 e. The average Bonchev–Trinajstić information content (AvgIpc) is 2.39. The van der Waals surface area contributed by atoms with Gasteiger partial charge in [0.25, 0.3) is 0 Å². The van der Waals surface area contributed by atoms with Crippen molar-refractivity contribution in [2.24, 2.45) is 0 Å². The molecule has 0 spiro atoms. The van der Waals surface area contributed by atoms with Crippen LogP contribution in [-0.4, -0.2) is 12.5 Å². The van der Waals surface area contributed by atoms with Gasteiger partial charge in [-0.15, -0.1) is 0 Å².